The minimum Gasteiger partial charge on any atom is -0.339 e. The molecule has 4 nitrogen and oxygen atoms in total. The van der Waals surface area contributed by atoms with Gasteiger partial charge < -0.3 is 16.0 Å². The van der Waals surface area contributed by atoms with Crippen molar-refractivity contribution in [1.29, 1.82) is 0 Å². The second-order valence-corrected chi connectivity index (χ2v) is 8.06. The molecule has 0 aromatic heterocycles. The van der Waals surface area contributed by atoms with Gasteiger partial charge >= 0.3 is 0 Å². The molecule has 0 radical (unpaired) electrons. The molecule has 0 aliphatic rings. The van der Waals surface area contributed by atoms with Crippen molar-refractivity contribution in [3.8, 4) is 0 Å². The highest BCUT2D eigenvalue weighted by molar-refractivity contribution is 7.80. The first kappa shape index (κ1) is 19.8. The number of anilines is 1. The molecule has 3 N–H and O–H groups in total. The van der Waals surface area contributed by atoms with Crippen molar-refractivity contribution in [1.82, 2.24) is 10.6 Å². The number of carbonyl (C=O) groups is 1. The Hall–Kier alpha value is -1.53. The van der Waals surface area contributed by atoms with Gasteiger partial charge in [0.2, 0.25) is 3.79 Å². The maximum absolute atomic E-state index is 12.4. The first-order chi connectivity index (χ1) is 11.8. The Bertz CT molecular complexity index is 750. The highest BCUT2D eigenvalue weighted by atomic mass is 35.6. The molecular formula is C17H16Cl3N3OS. The lowest BCUT2D eigenvalue weighted by Crippen LogP contribution is -2.56. The standard InChI is InChI=1S/C17H16Cl3N3OS/c1-11-6-5-7-12(10-11)14(24)22-15(17(18,19)20)23-16(25)21-13-8-3-2-4-9-13/h2-10,15H,1H3,(H,22,24)(H2,21,23,25)/t15-/m1/s1. The molecule has 0 aliphatic carbocycles. The molecule has 132 valence electrons. The maximum Gasteiger partial charge on any atom is 0.252 e. The molecule has 0 unspecified atom stereocenters. The van der Waals surface area contributed by atoms with Gasteiger partial charge in [-0.1, -0.05) is 70.7 Å². The van der Waals surface area contributed by atoms with E-state index in [1.54, 1.807) is 18.2 Å². The Kier molecular flexibility index (Phi) is 6.90. The largest absolute Gasteiger partial charge is 0.339 e. The van der Waals surface area contributed by atoms with Crippen LogP contribution in [0.15, 0.2) is 54.6 Å². The van der Waals surface area contributed by atoms with Crippen LogP contribution in [0.3, 0.4) is 0 Å². The molecular weight excluding hydrogens is 401 g/mol. The van der Waals surface area contributed by atoms with E-state index in [2.05, 4.69) is 16.0 Å². The normalized spacial score (nSPS) is 12.2. The lowest BCUT2D eigenvalue weighted by atomic mass is 10.1. The Morgan fingerprint density at radius 3 is 2.32 bits per heavy atom. The molecule has 0 saturated carbocycles. The Labute approximate surface area is 166 Å². The van der Waals surface area contributed by atoms with Crippen molar-refractivity contribution < 1.29 is 4.79 Å². The summed E-state index contributed by atoms with van der Waals surface area (Å²) in [5, 5.41) is 8.63. The molecule has 2 aromatic carbocycles. The Balaban J connectivity index is 2.06. The van der Waals surface area contributed by atoms with Gasteiger partial charge in [-0.25, -0.2) is 0 Å². The van der Waals surface area contributed by atoms with Crippen molar-refractivity contribution in [2.45, 2.75) is 16.9 Å². The smallest absolute Gasteiger partial charge is 0.252 e. The van der Waals surface area contributed by atoms with Crippen molar-refractivity contribution in [3.63, 3.8) is 0 Å². The van der Waals surface area contributed by atoms with Crippen LogP contribution in [0.5, 0.6) is 0 Å². The number of benzene rings is 2. The summed E-state index contributed by atoms with van der Waals surface area (Å²) in [6, 6.07) is 16.4. The van der Waals surface area contributed by atoms with E-state index in [1.165, 1.54) is 0 Å². The second kappa shape index (κ2) is 8.72. The van der Waals surface area contributed by atoms with Crippen LogP contribution >= 0.6 is 47.0 Å². The molecule has 1 amide bonds. The third-order valence-corrected chi connectivity index (χ3v) is 4.06. The number of halogens is 3. The van der Waals surface area contributed by atoms with E-state index in [0.29, 0.717) is 5.56 Å². The molecule has 1 atom stereocenters. The van der Waals surface area contributed by atoms with Crippen LogP contribution in [0, 0.1) is 6.92 Å². The minimum atomic E-state index is -1.80. The Morgan fingerprint density at radius 2 is 1.72 bits per heavy atom. The molecule has 2 aromatic rings. The van der Waals surface area contributed by atoms with E-state index >= 15 is 0 Å². The number of para-hydroxylation sites is 1. The fourth-order valence-corrected chi connectivity index (χ4v) is 2.58. The molecule has 0 bridgehead atoms. The number of thiocarbonyl (C=S) groups is 1. The van der Waals surface area contributed by atoms with E-state index in [9.17, 15) is 4.79 Å². The van der Waals surface area contributed by atoms with Crippen LogP contribution in [0.1, 0.15) is 15.9 Å². The number of amides is 1. The number of hydrogen-bond acceptors (Lipinski definition) is 2. The average molecular weight is 417 g/mol. The maximum atomic E-state index is 12.4. The zero-order chi connectivity index (χ0) is 18.4. The van der Waals surface area contributed by atoms with E-state index in [4.69, 9.17) is 47.0 Å². The summed E-state index contributed by atoms with van der Waals surface area (Å²) in [5.41, 5.74) is 2.18. The number of nitrogens with one attached hydrogen (secondary N) is 3. The topological polar surface area (TPSA) is 53.2 Å². The van der Waals surface area contributed by atoms with Gasteiger partial charge in [0.05, 0.1) is 0 Å². The minimum absolute atomic E-state index is 0.215. The Morgan fingerprint density at radius 1 is 1.04 bits per heavy atom. The highest BCUT2D eigenvalue weighted by Crippen LogP contribution is 2.29. The molecule has 0 saturated heterocycles. The zero-order valence-electron chi connectivity index (χ0n) is 13.2. The second-order valence-electron chi connectivity index (χ2n) is 5.28. The quantitative estimate of drug-likeness (QED) is 0.393. The molecule has 0 heterocycles. The van der Waals surface area contributed by atoms with Gasteiger partial charge in [-0.05, 0) is 43.4 Å². The van der Waals surface area contributed by atoms with E-state index in [0.717, 1.165) is 11.3 Å². The summed E-state index contributed by atoms with van der Waals surface area (Å²) in [7, 11) is 0. The predicted molar refractivity (Wildman–Crippen MR) is 109 cm³/mol. The van der Waals surface area contributed by atoms with Crippen LogP contribution in [-0.4, -0.2) is 21.0 Å². The molecule has 25 heavy (non-hydrogen) atoms. The van der Waals surface area contributed by atoms with Crippen LogP contribution in [0.25, 0.3) is 0 Å². The van der Waals surface area contributed by atoms with E-state index in [-0.39, 0.29) is 11.0 Å². The number of carbonyl (C=O) groups excluding carboxylic acids is 1. The lowest BCUT2D eigenvalue weighted by Gasteiger charge is -2.27. The van der Waals surface area contributed by atoms with Gasteiger partial charge in [-0.3, -0.25) is 4.79 Å². The van der Waals surface area contributed by atoms with Crippen molar-refractivity contribution >= 4 is 63.7 Å². The summed E-state index contributed by atoms with van der Waals surface area (Å²) >= 11 is 23.1. The molecule has 2 rings (SSSR count). The number of aryl methyl sites for hydroxylation is 1. The summed E-state index contributed by atoms with van der Waals surface area (Å²) in [4.78, 5) is 12.4. The average Bonchev–Trinajstić information content (AvgIpc) is 2.54. The molecule has 0 aliphatic heterocycles. The van der Waals surface area contributed by atoms with Crippen LogP contribution in [0.2, 0.25) is 0 Å². The van der Waals surface area contributed by atoms with Crippen LogP contribution < -0.4 is 16.0 Å². The van der Waals surface area contributed by atoms with Gasteiger partial charge in [0, 0.05) is 11.3 Å². The number of rotatable bonds is 4. The first-order valence-electron chi connectivity index (χ1n) is 7.32. The third-order valence-electron chi connectivity index (χ3n) is 3.19. The van der Waals surface area contributed by atoms with Gasteiger partial charge in [-0.2, -0.15) is 0 Å². The molecule has 0 spiro atoms. The lowest BCUT2D eigenvalue weighted by molar-refractivity contribution is 0.0934. The van der Waals surface area contributed by atoms with Gasteiger partial charge in [-0.15, -0.1) is 0 Å². The number of alkyl halides is 3. The van der Waals surface area contributed by atoms with Crippen LogP contribution in [-0.2, 0) is 0 Å². The fraction of sp³-hybridized carbons (Fsp3) is 0.176. The van der Waals surface area contributed by atoms with Gasteiger partial charge in [0.15, 0.2) is 5.11 Å². The zero-order valence-corrected chi connectivity index (χ0v) is 16.3. The summed E-state index contributed by atoms with van der Waals surface area (Å²) in [6.45, 7) is 1.89. The number of hydrogen-bond donors (Lipinski definition) is 3. The first-order valence-corrected chi connectivity index (χ1v) is 8.87. The van der Waals surface area contributed by atoms with E-state index < -0.39 is 9.96 Å². The fourth-order valence-electron chi connectivity index (χ4n) is 2.02. The summed E-state index contributed by atoms with van der Waals surface area (Å²) in [5.74, 6) is -0.380. The third kappa shape index (κ3) is 6.36. The van der Waals surface area contributed by atoms with Gasteiger partial charge in [0.1, 0.15) is 6.17 Å². The monoisotopic (exact) mass is 415 g/mol. The van der Waals surface area contributed by atoms with Crippen molar-refractivity contribution in [3.05, 3.63) is 65.7 Å². The predicted octanol–water partition coefficient (Wildman–Crippen LogP) is 4.41. The summed E-state index contributed by atoms with van der Waals surface area (Å²) < 4.78 is -1.80. The van der Waals surface area contributed by atoms with Crippen LogP contribution in [0.4, 0.5) is 5.69 Å². The molecule has 8 heteroatoms. The SMILES string of the molecule is Cc1cccc(C(=O)N[C@H](NC(=S)Nc2ccccc2)C(Cl)(Cl)Cl)c1. The van der Waals surface area contributed by atoms with Crippen molar-refractivity contribution in [2.24, 2.45) is 0 Å². The summed E-state index contributed by atoms with van der Waals surface area (Å²) in [6.07, 6.45) is -1.02. The van der Waals surface area contributed by atoms with Gasteiger partial charge in [0.25, 0.3) is 5.91 Å². The molecule has 0 fully saturated rings. The van der Waals surface area contributed by atoms with Crippen molar-refractivity contribution in [2.75, 3.05) is 5.32 Å². The highest BCUT2D eigenvalue weighted by Gasteiger charge is 2.34. The van der Waals surface area contributed by atoms with E-state index in [1.807, 2.05) is 43.3 Å².